The molecule has 0 bridgehead atoms. The van der Waals surface area contributed by atoms with Crippen molar-refractivity contribution < 1.29 is 14.3 Å². The lowest BCUT2D eigenvalue weighted by Gasteiger charge is -2.11. The quantitative estimate of drug-likeness (QED) is 0.674. The number of hydrogen-bond acceptors (Lipinski definition) is 5. The van der Waals surface area contributed by atoms with E-state index in [1.165, 1.54) is 0 Å². The largest absolute Gasteiger partial charge is 0.480 e. The van der Waals surface area contributed by atoms with E-state index in [0.29, 0.717) is 12.4 Å². The molecule has 3 aromatic rings. The topological polar surface area (TPSA) is 70.7 Å². The molecular weight excluding hydrogens is 296 g/mol. The van der Waals surface area contributed by atoms with Crippen LogP contribution in [0.3, 0.4) is 0 Å². The van der Waals surface area contributed by atoms with Gasteiger partial charge in [0.15, 0.2) is 6.61 Å². The monoisotopic (exact) mass is 314 g/mol. The Kier molecular flexibility index (Phi) is 4.01. The number of carbonyl (C=O) groups excluding carboxylic acids is 1. The number of aromatic nitrogens is 4. The summed E-state index contributed by atoms with van der Waals surface area (Å²) in [6.07, 6.45) is 7.36. The van der Waals surface area contributed by atoms with Gasteiger partial charge in [-0.2, -0.15) is 5.10 Å². The smallest absolute Gasteiger partial charge is 0.344 e. The minimum atomic E-state index is -0.397. The molecular formula is C16H18N4O3. The molecule has 0 saturated carbocycles. The first-order valence-corrected chi connectivity index (χ1v) is 7.33. The number of imidazole rings is 1. The van der Waals surface area contributed by atoms with Crippen molar-refractivity contribution in [3.63, 3.8) is 0 Å². The maximum absolute atomic E-state index is 11.6. The minimum absolute atomic E-state index is 0.139. The molecule has 0 unspecified atom stereocenters. The van der Waals surface area contributed by atoms with Crippen molar-refractivity contribution in [1.29, 1.82) is 0 Å². The molecule has 0 aliphatic rings. The summed E-state index contributed by atoms with van der Waals surface area (Å²) in [5, 5.41) is 4.19. The fourth-order valence-corrected chi connectivity index (χ4v) is 2.38. The van der Waals surface area contributed by atoms with Crippen molar-refractivity contribution >= 4 is 11.6 Å². The molecule has 3 heterocycles. The summed E-state index contributed by atoms with van der Waals surface area (Å²) in [6, 6.07) is 1.92. The van der Waals surface area contributed by atoms with Crippen molar-refractivity contribution in [1.82, 2.24) is 19.2 Å². The summed E-state index contributed by atoms with van der Waals surface area (Å²) >= 11 is 0. The Bertz CT molecular complexity index is 850. The Hall–Kier alpha value is -2.83. The normalized spacial score (nSPS) is 10.9. The van der Waals surface area contributed by atoms with Gasteiger partial charge in [-0.3, -0.25) is 4.68 Å². The number of fused-ring (bicyclic) bond motifs is 1. The SMILES string of the molecule is CCOC(=O)COc1cn2cc(C)nc2cc1-c1cnn(C)c1. The van der Waals surface area contributed by atoms with E-state index in [-0.39, 0.29) is 6.61 Å². The highest BCUT2D eigenvalue weighted by atomic mass is 16.6. The van der Waals surface area contributed by atoms with Crippen LogP contribution in [0.25, 0.3) is 16.8 Å². The molecule has 120 valence electrons. The standard InChI is InChI=1S/C16H18N4O3/c1-4-22-16(21)10-23-14-9-20-7-11(2)18-15(20)5-13(14)12-6-17-19(3)8-12/h5-9H,4,10H2,1-3H3. The van der Waals surface area contributed by atoms with Crippen LogP contribution in [0.1, 0.15) is 12.6 Å². The van der Waals surface area contributed by atoms with Gasteiger partial charge < -0.3 is 13.9 Å². The van der Waals surface area contributed by atoms with Gasteiger partial charge in [-0.1, -0.05) is 0 Å². The molecule has 3 aromatic heterocycles. The van der Waals surface area contributed by atoms with E-state index in [1.54, 1.807) is 17.8 Å². The molecule has 0 amide bonds. The summed E-state index contributed by atoms with van der Waals surface area (Å²) in [5.41, 5.74) is 3.45. The van der Waals surface area contributed by atoms with E-state index >= 15 is 0 Å². The Morgan fingerprint density at radius 3 is 2.83 bits per heavy atom. The lowest BCUT2D eigenvalue weighted by molar-refractivity contribution is -0.145. The Labute approximate surface area is 133 Å². The zero-order chi connectivity index (χ0) is 16.4. The Balaban J connectivity index is 2.00. The van der Waals surface area contributed by atoms with Gasteiger partial charge in [-0.15, -0.1) is 0 Å². The number of hydrogen-bond donors (Lipinski definition) is 0. The molecule has 3 rings (SSSR count). The van der Waals surface area contributed by atoms with Gasteiger partial charge in [0.1, 0.15) is 11.4 Å². The molecule has 0 atom stereocenters. The third-order valence-electron chi connectivity index (χ3n) is 3.34. The third kappa shape index (κ3) is 3.18. The van der Waals surface area contributed by atoms with Crippen molar-refractivity contribution in [3.05, 3.63) is 36.5 Å². The molecule has 0 aromatic carbocycles. The van der Waals surface area contributed by atoms with Gasteiger partial charge in [0, 0.05) is 30.6 Å². The van der Waals surface area contributed by atoms with E-state index in [1.807, 2.05) is 43.0 Å². The Morgan fingerprint density at radius 2 is 2.13 bits per heavy atom. The van der Waals surface area contributed by atoms with Crippen LogP contribution in [-0.4, -0.2) is 38.3 Å². The first kappa shape index (κ1) is 15.1. The third-order valence-corrected chi connectivity index (χ3v) is 3.34. The second-order valence-corrected chi connectivity index (χ2v) is 5.20. The number of nitrogens with zero attached hydrogens (tertiary/aromatic N) is 4. The van der Waals surface area contributed by atoms with Crippen molar-refractivity contribution in [2.24, 2.45) is 7.05 Å². The number of rotatable bonds is 5. The molecule has 23 heavy (non-hydrogen) atoms. The molecule has 0 spiro atoms. The lowest BCUT2D eigenvalue weighted by Crippen LogP contribution is -2.15. The molecule has 7 nitrogen and oxygen atoms in total. The zero-order valence-electron chi connectivity index (χ0n) is 13.3. The van der Waals surface area contributed by atoms with E-state index in [9.17, 15) is 4.79 Å². The van der Waals surface area contributed by atoms with Crippen molar-refractivity contribution in [2.45, 2.75) is 13.8 Å². The summed E-state index contributed by atoms with van der Waals surface area (Å²) < 4.78 is 14.2. The molecule has 0 aliphatic carbocycles. The van der Waals surface area contributed by atoms with Gasteiger partial charge in [-0.05, 0) is 19.9 Å². The van der Waals surface area contributed by atoms with Gasteiger partial charge >= 0.3 is 5.97 Å². The van der Waals surface area contributed by atoms with Gasteiger partial charge in [-0.25, -0.2) is 9.78 Å². The molecule has 7 heteroatoms. The van der Waals surface area contributed by atoms with Gasteiger partial charge in [0.25, 0.3) is 0 Å². The predicted molar refractivity (Wildman–Crippen MR) is 84.3 cm³/mol. The average Bonchev–Trinajstić information content (AvgIpc) is 3.08. The van der Waals surface area contributed by atoms with Crippen molar-refractivity contribution in [3.8, 4) is 16.9 Å². The van der Waals surface area contributed by atoms with Crippen LogP contribution in [0.5, 0.6) is 5.75 Å². The molecule has 0 radical (unpaired) electrons. The van der Waals surface area contributed by atoms with E-state index in [0.717, 1.165) is 22.5 Å². The van der Waals surface area contributed by atoms with Crippen LogP contribution < -0.4 is 4.74 Å². The Morgan fingerprint density at radius 1 is 1.30 bits per heavy atom. The molecule has 0 saturated heterocycles. The van der Waals surface area contributed by atoms with Crippen LogP contribution in [0, 0.1) is 6.92 Å². The van der Waals surface area contributed by atoms with Gasteiger partial charge in [0.2, 0.25) is 0 Å². The maximum Gasteiger partial charge on any atom is 0.344 e. The fourth-order valence-electron chi connectivity index (χ4n) is 2.38. The van der Waals surface area contributed by atoms with Crippen LogP contribution in [0.2, 0.25) is 0 Å². The number of esters is 1. The van der Waals surface area contributed by atoms with Crippen molar-refractivity contribution in [2.75, 3.05) is 13.2 Å². The van der Waals surface area contributed by atoms with E-state index in [2.05, 4.69) is 10.1 Å². The number of pyridine rings is 1. The lowest BCUT2D eigenvalue weighted by atomic mass is 10.1. The molecule has 0 fully saturated rings. The highest BCUT2D eigenvalue weighted by molar-refractivity contribution is 5.75. The highest BCUT2D eigenvalue weighted by Gasteiger charge is 2.13. The van der Waals surface area contributed by atoms with Crippen LogP contribution >= 0.6 is 0 Å². The summed E-state index contributed by atoms with van der Waals surface area (Å²) in [4.78, 5) is 16.0. The summed E-state index contributed by atoms with van der Waals surface area (Å²) in [7, 11) is 1.85. The van der Waals surface area contributed by atoms with Crippen LogP contribution in [-0.2, 0) is 16.6 Å². The number of carbonyl (C=O) groups is 1. The first-order valence-electron chi connectivity index (χ1n) is 7.33. The summed E-state index contributed by atoms with van der Waals surface area (Å²) in [5.74, 6) is 0.183. The van der Waals surface area contributed by atoms with E-state index in [4.69, 9.17) is 9.47 Å². The van der Waals surface area contributed by atoms with Crippen LogP contribution in [0.4, 0.5) is 0 Å². The molecule has 0 aliphatic heterocycles. The molecule has 0 N–H and O–H groups in total. The predicted octanol–water partition coefficient (Wildman–Crippen LogP) is 1.99. The van der Waals surface area contributed by atoms with E-state index < -0.39 is 5.97 Å². The fraction of sp³-hybridized carbons (Fsp3) is 0.312. The number of ether oxygens (including phenoxy) is 2. The highest BCUT2D eigenvalue weighted by Crippen LogP contribution is 2.31. The second-order valence-electron chi connectivity index (χ2n) is 5.20. The van der Waals surface area contributed by atoms with Gasteiger partial charge in [0.05, 0.1) is 24.7 Å². The minimum Gasteiger partial charge on any atom is -0.480 e. The van der Waals surface area contributed by atoms with Crippen LogP contribution in [0.15, 0.2) is 30.9 Å². The number of aryl methyl sites for hydroxylation is 2. The summed E-state index contributed by atoms with van der Waals surface area (Å²) in [6.45, 7) is 3.88. The average molecular weight is 314 g/mol. The zero-order valence-corrected chi connectivity index (χ0v) is 13.3. The second kappa shape index (κ2) is 6.12. The maximum atomic E-state index is 11.6. The first-order chi connectivity index (χ1) is 11.1.